The van der Waals surface area contributed by atoms with E-state index >= 15 is 0 Å². The molecule has 1 amide bonds. The van der Waals surface area contributed by atoms with Gasteiger partial charge in [0.1, 0.15) is 0 Å². The first kappa shape index (κ1) is 17.6. The smallest absolute Gasteiger partial charge is 0.234 e. The average molecular weight is 353 g/mol. The Morgan fingerprint density at radius 3 is 2.68 bits per heavy atom. The van der Waals surface area contributed by atoms with Crippen molar-refractivity contribution in [2.75, 3.05) is 13.6 Å². The van der Waals surface area contributed by atoms with Gasteiger partial charge >= 0.3 is 0 Å². The maximum atomic E-state index is 12.4. The number of hydrogen-bond donors (Lipinski definition) is 1. The fourth-order valence-electron chi connectivity index (χ4n) is 3.11. The van der Waals surface area contributed by atoms with Crippen molar-refractivity contribution in [1.82, 2.24) is 10.2 Å². The number of fused-ring (bicyclic) bond motifs is 1. The third kappa shape index (κ3) is 4.27. The van der Waals surface area contributed by atoms with Crippen LogP contribution in [0.15, 0.2) is 53.9 Å². The zero-order valence-electron chi connectivity index (χ0n) is 15.0. The molecule has 0 saturated heterocycles. The van der Waals surface area contributed by atoms with Gasteiger partial charge in [0.2, 0.25) is 5.91 Å². The molecule has 0 unspecified atom stereocenters. The summed E-state index contributed by atoms with van der Waals surface area (Å²) in [5.74, 6) is 0.0529. The highest BCUT2D eigenvalue weighted by Gasteiger charge is 2.14. The van der Waals surface area contributed by atoms with E-state index in [1.54, 1.807) is 11.3 Å². The van der Waals surface area contributed by atoms with Crippen molar-refractivity contribution in [2.24, 2.45) is 0 Å². The van der Waals surface area contributed by atoms with Gasteiger partial charge < -0.3 is 5.32 Å². The van der Waals surface area contributed by atoms with E-state index in [2.05, 4.69) is 52.9 Å². The predicted molar refractivity (Wildman–Crippen MR) is 106 cm³/mol. The number of carbonyl (C=O) groups excluding carboxylic acids is 1. The molecule has 4 heteroatoms. The van der Waals surface area contributed by atoms with E-state index in [1.165, 1.54) is 21.2 Å². The van der Waals surface area contributed by atoms with Crippen LogP contribution in [0, 0.1) is 6.92 Å². The van der Waals surface area contributed by atoms with Gasteiger partial charge in [-0.15, -0.1) is 11.3 Å². The lowest BCUT2D eigenvalue weighted by molar-refractivity contribution is -0.122. The first-order valence-corrected chi connectivity index (χ1v) is 9.41. The molecule has 0 aliphatic rings. The highest BCUT2D eigenvalue weighted by molar-refractivity contribution is 7.10. The van der Waals surface area contributed by atoms with Crippen LogP contribution in [0.5, 0.6) is 0 Å². The molecule has 0 aliphatic heterocycles. The van der Waals surface area contributed by atoms with Crippen LogP contribution in [0.2, 0.25) is 0 Å². The number of hydrogen-bond acceptors (Lipinski definition) is 3. The summed E-state index contributed by atoms with van der Waals surface area (Å²) in [6, 6.07) is 16.6. The molecule has 1 aromatic heterocycles. The van der Waals surface area contributed by atoms with E-state index in [4.69, 9.17) is 0 Å². The monoisotopic (exact) mass is 352 g/mol. The lowest BCUT2D eigenvalue weighted by atomic mass is 10.00. The summed E-state index contributed by atoms with van der Waals surface area (Å²) in [5.41, 5.74) is 2.45. The standard InChI is InChI=1S/C21H24N2OS/c1-15-11-12-25-20(15)13-23(3)14-21(24)22-16(2)18-10-6-8-17-7-4-5-9-19(17)18/h4-12,16H,13-14H2,1-3H3,(H,22,24)/t16-/m1/s1. The minimum Gasteiger partial charge on any atom is -0.348 e. The Morgan fingerprint density at radius 1 is 1.16 bits per heavy atom. The molecular formula is C21H24N2OS. The summed E-state index contributed by atoms with van der Waals surface area (Å²) in [5, 5.41) is 7.63. The topological polar surface area (TPSA) is 32.3 Å². The fraction of sp³-hybridized carbons (Fsp3) is 0.286. The number of nitrogens with zero attached hydrogens (tertiary/aromatic N) is 1. The van der Waals surface area contributed by atoms with Gasteiger partial charge in [0, 0.05) is 11.4 Å². The molecular weight excluding hydrogens is 328 g/mol. The molecule has 0 saturated carbocycles. The lowest BCUT2D eigenvalue weighted by Crippen LogP contribution is -2.36. The predicted octanol–water partition coefficient (Wildman–Crippen LogP) is 4.52. The molecule has 3 aromatic rings. The second-order valence-electron chi connectivity index (χ2n) is 6.56. The van der Waals surface area contributed by atoms with E-state index in [0.29, 0.717) is 6.54 Å². The second kappa shape index (κ2) is 7.81. The molecule has 1 atom stereocenters. The van der Waals surface area contributed by atoms with Gasteiger partial charge in [-0.2, -0.15) is 0 Å². The summed E-state index contributed by atoms with van der Waals surface area (Å²) >= 11 is 1.74. The minimum atomic E-state index is -0.0181. The van der Waals surface area contributed by atoms with Crippen LogP contribution < -0.4 is 5.32 Å². The number of aryl methyl sites for hydroxylation is 1. The molecule has 2 aromatic carbocycles. The Kier molecular flexibility index (Phi) is 5.51. The van der Waals surface area contributed by atoms with Crippen LogP contribution in [-0.2, 0) is 11.3 Å². The number of benzene rings is 2. The number of amides is 1. The lowest BCUT2D eigenvalue weighted by Gasteiger charge is -2.20. The molecule has 1 N–H and O–H groups in total. The van der Waals surface area contributed by atoms with Gasteiger partial charge in [-0.05, 0) is 54.2 Å². The van der Waals surface area contributed by atoms with Gasteiger partial charge in [-0.25, -0.2) is 0 Å². The van der Waals surface area contributed by atoms with E-state index in [-0.39, 0.29) is 11.9 Å². The average Bonchev–Trinajstić information content (AvgIpc) is 2.98. The van der Waals surface area contributed by atoms with E-state index < -0.39 is 0 Å². The second-order valence-corrected chi connectivity index (χ2v) is 7.56. The maximum absolute atomic E-state index is 12.4. The first-order valence-electron chi connectivity index (χ1n) is 8.53. The summed E-state index contributed by atoms with van der Waals surface area (Å²) in [4.78, 5) is 15.8. The highest BCUT2D eigenvalue weighted by Crippen LogP contribution is 2.24. The Bertz CT molecular complexity index is 866. The number of rotatable bonds is 6. The normalized spacial score (nSPS) is 12.5. The summed E-state index contributed by atoms with van der Waals surface area (Å²) in [7, 11) is 1.99. The quantitative estimate of drug-likeness (QED) is 0.707. The van der Waals surface area contributed by atoms with Crippen LogP contribution in [0.25, 0.3) is 10.8 Å². The molecule has 25 heavy (non-hydrogen) atoms. The Labute approximate surface area is 153 Å². The largest absolute Gasteiger partial charge is 0.348 e. The van der Waals surface area contributed by atoms with Crippen molar-refractivity contribution >= 4 is 28.0 Å². The number of likely N-dealkylation sites (N-methyl/N-ethyl adjacent to an activating group) is 1. The minimum absolute atomic E-state index is 0.0181. The third-order valence-electron chi connectivity index (χ3n) is 4.46. The first-order chi connectivity index (χ1) is 12.0. The van der Waals surface area contributed by atoms with Crippen molar-refractivity contribution < 1.29 is 4.79 Å². The molecule has 0 bridgehead atoms. The van der Waals surface area contributed by atoms with Crippen molar-refractivity contribution in [3.63, 3.8) is 0 Å². The third-order valence-corrected chi connectivity index (χ3v) is 5.47. The Balaban J connectivity index is 1.63. The SMILES string of the molecule is Cc1ccsc1CN(C)CC(=O)N[C@H](C)c1cccc2ccccc12. The molecule has 0 radical (unpaired) electrons. The van der Waals surface area contributed by atoms with E-state index in [0.717, 1.165) is 12.1 Å². The summed E-state index contributed by atoms with van der Waals surface area (Å²) < 4.78 is 0. The molecule has 0 aliphatic carbocycles. The van der Waals surface area contributed by atoms with Crippen LogP contribution >= 0.6 is 11.3 Å². The highest BCUT2D eigenvalue weighted by atomic mass is 32.1. The van der Waals surface area contributed by atoms with E-state index in [1.807, 2.05) is 32.2 Å². The Hall–Kier alpha value is -2.17. The number of carbonyl (C=O) groups is 1. The number of thiophene rings is 1. The van der Waals surface area contributed by atoms with Crippen molar-refractivity contribution in [3.05, 3.63) is 69.9 Å². The van der Waals surface area contributed by atoms with Gasteiger partial charge in [0.05, 0.1) is 12.6 Å². The van der Waals surface area contributed by atoms with Crippen molar-refractivity contribution in [2.45, 2.75) is 26.4 Å². The molecule has 0 spiro atoms. The van der Waals surface area contributed by atoms with Crippen LogP contribution in [-0.4, -0.2) is 24.4 Å². The van der Waals surface area contributed by atoms with Crippen LogP contribution in [0.4, 0.5) is 0 Å². The van der Waals surface area contributed by atoms with Gasteiger partial charge in [-0.1, -0.05) is 42.5 Å². The molecule has 130 valence electrons. The van der Waals surface area contributed by atoms with Crippen LogP contribution in [0.1, 0.15) is 29.0 Å². The molecule has 3 nitrogen and oxygen atoms in total. The maximum Gasteiger partial charge on any atom is 0.234 e. The fourth-order valence-corrected chi connectivity index (χ4v) is 4.09. The van der Waals surface area contributed by atoms with Crippen LogP contribution in [0.3, 0.4) is 0 Å². The zero-order valence-corrected chi connectivity index (χ0v) is 15.8. The molecule has 0 fully saturated rings. The summed E-state index contributed by atoms with van der Waals surface area (Å²) in [6.07, 6.45) is 0. The van der Waals surface area contributed by atoms with Gasteiger partial charge in [-0.3, -0.25) is 9.69 Å². The summed E-state index contributed by atoms with van der Waals surface area (Å²) in [6.45, 7) is 5.36. The number of nitrogens with one attached hydrogen (secondary N) is 1. The zero-order chi connectivity index (χ0) is 17.8. The van der Waals surface area contributed by atoms with Gasteiger partial charge in [0.25, 0.3) is 0 Å². The van der Waals surface area contributed by atoms with Crippen molar-refractivity contribution in [1.29, 1.82) is 0 Å². The molecule has 3 rings (SSSR count). The Morgan fingerprint density at radius 2 is 1.92 bits per heavy atom. The van der Waals surface area contributed by atoms with E-state index in [9.17, 15) is 4.79 Å². The molecule has 1 heterocycles. The van der Waals surface area contributed by atoms with Crippen molar-refractivity contribution in [3.8, 4) is 0 Å². The van der Waals surface area contributed by atoms with Gasteiger partial charge in [0.15, 0.2) is 0 Å².